The van der Waals surface area contributed by atoms with E-state index in [0.717, 1.165) is 0 Å². The van der Waals surface area contributed by atoms with Crippen LogP contribution in [-0.4, -0.2) is 16.1 Å². The summed E-state index contributed by atoms with van der Waals surface area (Å²) in [6.07, 6.45) is 1.29. The smallest absolute Gasteiger partial charge is 0.354 e. The largest absolute Gasteiger partial charge is 0.477 e. The molecule has 0 bridgehead atoms. The van der Waals surface area contributed by atoms with Crippen LogP contribution in [0.4, 0.5) is 0 Å². The number of nitriles is 1. The predicted octanol–water partition coefficient (Wildman–Crippen LogP) is 0.651. The van der Waals surface area contributed by atoms with Crippen molar-refractivity contribution < 1.29 is 9.90 Å². The Morgan fingerprint density at radius 3 is 3.00 bits per heavy atom. The van der Waals surface area contributed by atoms with Gasteiger partial charge in [-0.2, -0.15) is 5.26 Å². The molecule has 0 unspecified atom stereocenters. The molecule has 0 radical (unpaired) electrons. The molecule has 0 saturated heterocycles. The number of carbonyl (C=O) groups is 1. The first kappa shape index (κ1) is 7.22. The number of aromatic nitrogens is 1. The van der Waals surface area contributed by atoms with Crippen molar-refractivity contribution in [2.24, 2.45) is 0 Å². The van der Waals surface area contributed by atoms with Crippen LogP contribution in [0.3, 0.4) is 0 Å². The normalized spacial score (nSPS) is 8.64. The summed E-state index contributed by atoms with van der Waals surface area (Å²) in [4.78, 5) is 13.8. The Morgan fingerprint density at radius 1 is 1.73 bits per heavy atom. The Hall–Kier alpha value is -1.89. The van der Waals surface area contributed by atoms with Gasteiger partial charge in [-0.15, -0.1) is 0 Å². The molecule has 54 valence electrons. The summed E-state index contributed by atoms with van der Waals surface area (Å²) in [5, 5.41) is 16.8. The quantitative estimate of drug-likeness (QED) is 0.634. The summed E-state index contributed by atoms with van der Waals surface area (Å²) in [5.41, 5.74) is 0.196. The third kappa shape index (κ3) is 1.52. The van der Waals surface area contributed by atoms with E-state index in [1.165, 1.54) is 18.3 Å². The highest BCUT2D eigenvalue weighted by Crippen LogP contribution is 1.99. The summed E-state index contributed by atoms with van der Waals surface area (Å²) in [6, 6.07) is 4.49. The lowest BCUT2D eigenvalue weighted by Crippen LogP contribution is -1.99. The van der Waals surface area contributed by atoms with Gasteiger partial charge in [0.05, 0.1) is 11.6 Å². The van der Waals surface area contributed by atoms with Gasteiger partial charge >= 0.3 is 5.97 Å². The van der Waals surface area contributed by atoms with Crippen molar-refractivity contribution in [1.29, 1.82) is 5.26 Å². The number of hydrogen-bond acceptors (Lipinski definition) is 3. The maximum Gasteiger partial charge on any atom is 0.354 e. The number of hydrogen-bond donors (Lipinski definition) is 1. The lowest BCUT2D eigenvalue weighted by atomic mass is 10.2. The van der Waals surface area contributed by atoms with Crippen LogP contribution in [-0.2, 0) is 0 Å². The van der Waals surface area contributed by atoms with Crippen molar-refractivity contribution in [3.05, 3.63) is 29.6 Å². The number of pyridine rings is 1. The second kappa shape index (κ2) is 2.80. The molecule has 0 fully saturated rings. The van der Waals surface area contributed by atoms with E-state index in [2.05, 4.69) is 4.98 Å². The molecule has 0 aliphatic heterocycles. The van der Waals surface area contributed by atoms with Gasteiger partial charge in [0, 0.05) is 6.20 Å². The fraction of sp³-hybridized carbons (Fsp3) is 0. The first-order chi connectivity index (χ1) is 5.24. The standard InChI is InChI=1S/C7H4N2O2/c8-4-5-1-2-9-6(3-5)7(10)11/h1-3H,(H,10,11). The van der Waals surface area contributed by atoms with Crippen LogP contribution in [0.5, 0.6) is 0 Å². The molecule has 1 N–H and O–H groups in total. The van der Waals surface area contributed by atoms with E-state index in [1.54, 1.807) is 0 Å². The topological polar surface area (TPSA) is 74.0 Å². The Bertz CT molecular complexity index is 327. The second-order valence-electron chi connectivity index (χ2n) is 1.85. The number of aromatic carboxylic acids is 1. The zero-order chi connectivity index (χ0) is 8.27. The molecule has 0 aliphatic carbocycles. The molecule has 1 heterocycles. The Balaban J connectivity index is 3.13. The molecule has 0 spiro atoms. The van der Waals surface area contributed by atoms with E-state index in [1.807, 2.05) is 6.07 Å². The van der Waals surface area contributed by atoms with Gasteiger partial charge in [0.25, 0.3) is 0 Å². The zero-order valence-corrected chi connectivity index (χ0v) is 5.48. The van der Waals surface area contributed by atoms with E-state index in [-0.39, 0.29) is 5.69 Å². The maximum atomic E-state index is 10.3. The molecule has 1 rings (SSSR count). The third-order valence-electron chi connectivity index (χ3n) is 1.11. The minimum absolute atomic E-state index is 0.107. The molecule has 4 heteroatoms. The van der Waals surface area contributed by atoms with Gasteiger partial charge in [-0.05, 0) is 12.1 Å². The van der Waals surface area contributed by atoms with E-state index >= 15 is 0 Å². The molecule has 0 aromatic carbocycles. The van der Waals surface area contributed by atoms with Crippen molar-refractivity contribution in [1.82, 2.24) is 4.98 Å². The van der Waals surface area contributed by atoms with Gasteiger partial charge in [0.1, 0.15) is 5.69 Å². The SMILES string of the molecule is N#Cc1ccnc(C(=O)O)c1. The van der Waals surface area contributed by atoms with Crippen LogP contribution >= 0.6 is 0 Å². The van der Waals surface area contributed by atoms with E-state index in [4.69, 9.17) is 10.4 Å². The third-order valence-corrected chi connectivity index (χ3v) is 1.11. The van der Waals surface area contributed by atoms with Crippen LogP contribution in [0.1, 0.15) is 16.1 Å². The Kier molecular flexibility index (Phi) is 1.83. The molecule has 1 aromatic heterocycles. The average molecular weight is 148 g/mol. The number of rotatable bonds is 1. The lowest BCUT2D eigenvalue weighted by Gasteiger charge is -1.91. The monoisotopic (exact) mass is 148 g/mol. The van der Waals surface area contributed by atoms with Crippen LogP contribution in [0.25, 0.3) is 0 Å². The summed E-state index contributed by atoms with van der Waals surface area (Å²) >= 11 is 0. The first-order valence-corrected chi connectivity index (χ1v) is 2.83. The van der Waals surface area contributed by atoms with E-state index in [0.29, 0.717) is 5.56 Å². The second-order valence-corrected chi connectivity index (χ2v) is 1.85. The fourth-order valence-electron chi connectivity index (χ4n) is 0.617. The van der Waals surface area contributed by atoms with Crippen LogP contribution < -0.4 is 0 Å². The van der Waals surface area contributed by atoms with Crippen molar-refractivity contribution in [3.8, 4) is 6.07 Å². The van der Waals surface area contributed by atoms with Crippen LogP contribution in [0.15, 0.2) is 18.3 Å². The molecule has 1 aromatic rings. The zero-order valence-electron chi connectivity index (χ0n) is 5.48. The first-order valence-electron chi connectivity index (χ1n) is 2.83. The highest BCUT2D eigenvalue weighted by atomic mass is 16.4. The Morgan fingerprint density at radius 2 is 2.45 bits per heavy atom. The van der Waals surface area contributed by atoms with Gasteiger partial charge in [-0.25, -0.2) is 9.78 Å². The molecular formula is C7H4N2O2. The highest BCUT2D eigenvalue weighted by Gasteiger charge is 2.03. The number of carboxylic acid groups (broad SMARTS) is 1. The molecular weight excluding hydrogens is 144 g/mol. The minimum Gasteiger partial charge on any atom is -0.477 e. The summed E-state index contributed by atoms with van der Waals surface area (Å²) in [6.45, 7) is 0. The molecule has 0 amide bonds. The van der Waals surface area contributed by atoms with Crippen molar-refractivity contribution >= 4 is 5.97 Å². The molecule has 0 saturated carbocycles. The molecule has 11 heavy (non-hydrogen) atoms. The van der Waals surface area contributed by atoms with Crippen LogP contribution in [0, 0.1) is 11.3 Å². The van der Waals surface area contributed by atoms with Gasteiger partial charge in [0.2, 0.25) is 0 Å². The minimum atomic E-state index is -1.12. The maximum absolute atomic E-state index is 10.3. The van der Waals surface area contributed by atoms with E-state index in [9.17, 15) is 4.79 Å². The summed E-state index contributed by atoms with van der Waals surface area (Å²) in [7, 11) is 0. The van der Waals surface area contributed by atoms with E-state index < -0.39 is 5.97 Å². The average Bonchev–Trinajstić information content (AvgIpc) is 2.05. The van der Waals surface area contributed by atoms with Crippen molar-refractivity contribution in [2.75, 3.05) is 0 Å². The van der Waals surface area contributed by atoms with Gasteiger partial charge in [0.15, 0.2) is 0 Å². The number of nitrogens with zero attached hydrogens (tertiary/aromatic N) is 2. The van der Waals surface area contributed by atoms with Crippen LogP contribution in [0.2, 0.25) is 0 Å². The van der Waals surface area contributed by atoms with Gasteiger partial charge in [-0.3, -0.25) is 0 Å². The number of carboxylic acids is 1. The summed E-state index contributed by atoms with van der Waals surface area (Å²) in [5.74, 6) is -1.12. The molecule has 4 nitrogen and oxygen atoms in total. The highest BCUT2D eigenvalue weighted by molar-refractivity contribution is 5.85. The van der Waals surface area contributed by atoms with Crippen molar-refractivity contribution in [2.45, 2.75) is 0 Å². The summed E-state index contributed by atoms with van der Waals surface area (Å²) < 4.78 is 0. The van der Waals surface area contributed by atoms with Gasteiger partial charge < -0.3 is 5.11 Å². The van der Waals surface area contributed by atoms with Gasteiger partial charge in [-0.1, -0.05) is 0 Å². The lowest BCUT2D eigenvalue weighted by molar-refractivity contribution is 0.0690. The predicted molar refractivity (Wildman–Crippen MR) is 35.9 cm³/mol. The Labute approximate surface area is 62.7 Å². The molecule has 0 atom stereocenters. The van der Waals surface area contributed by atoms with Crippen molar-refractivity contribution in [3.63, 3.8) is 0 Å². The fourth-order valence-corrected chi connectivity index (χ4v) is 0.617. The molecule has 0 aliphatic rings.